The average molecular weight is 477 g/mol. The Hall–Kier alpha value is -2.02. The van der Waals surface area contributed by atoms with Crippen molar-refractivity contribution in [2.24, 2.45) is 23.0 Å². The van der Waals surface area contributed by atoms with E-state index in [-0.39, 0.29) is 41.7 Å². The molecule has 2 bridgehead atoms. The van der Waals surface area contributed by atoms with E-state index < -0.39 is 6.04 Å². The number of hydrogen-bond donors (Lipinski definition) is 1. The van der Waals surface area contributed by atoms with E-state index in [9.17, 15) is 9.18 Å². The number of nitrogens with two attached hydrogens (primary N) is 1. The molecule has 4 nitrogen and oxygen atoms in total. The van der Waals surface area contributed by atoms with Crippen LogP contribution in [0.25, 0.3) is 0 Å². The van der Waals surface area contributed by atoms with E-state index in [1.165, 1.54) is 18.6 Å². The van der Waals surface area contributed by atoms with Gasteiger partial charge in [-0.15, -0.1) is 0 Å². The summed E-state index contributed by atoms with van der Waals surface area (Å²) in [6.45, 7) is 6.93. The minimum absolute atomic E-state index is 0.00364. The first kappa shape index (κ1) is 24.7. The third-order valence-corrected chi connectivity index (χ3v) is 9.24. The summed E-state index contributed by atoms with van der Waals surface area (Å²) in [5.41, 5.74) is 8.34. The topological polar surface area (TPSA) is 61.5 Å². The number of hydrogen-bond acceptors (Lipinski definition) is 4. The summed E-state index contributed by atoms with van der Waals surface area (Å²) >= 11 is 0. The number of benzene rings is 2. The van der Waals surface area contributed by atoms with Crippen LogP contribution in [0.1, 0.15) is 57.6 Å². The molecule has 1 aliphatic heterocycles. The van der Waals surface area contributed by atoms with Gasteiger partial charge in [0.25, 0.3) is 0 Å². The Bertz CT molecular complexity index is 1050. The van der Waals surface area contributed by atoms with Gasteiger partial charge in [-0.05, 0) is 85.4 Å². The van der Waals surface area contributed by atoms with Gasteiger partial charge in [0.1, 0.15) is 11.6 Å². The van der Waals surface area contributed by atoms with Gasteiger partial charge in [0.2, 0.25) is 0 Å². The van der Waals surface area contributed by atoms with Gasteiger partial charge >= 0.3 is 7.12 Å². The Morgan fingerprint density at radius 3 is 2.43 bits per heavy atom. The van der Waals surface area contributed by atoms with E-state index in [1.807, 2.05) is 42.5 Å². The molecule has 35 heavy (non-hydrogen) atoms. The van der Waals surface area contributed by atoms with Gasteiger partial charge in [-0.2, -0.15) is 0 Å². The minimum atomic E-state index is -0.526. The molecule has 2 aromatic rings. The lowest BCUT2D eigenvalue weighted by Gasteiger charge is -2.64. The number of rotatable bonds is 9. The maximum Gasteiger partial charge on any atom is 0.461 e. The molecule has 1 heterocycles. The van der Waals surface area contributed by atoms with Crippen LogP contribution in [0.4, 0.5) is 4.39 Å². The average Bonchev–Trinajstić information content (AvgIpc) is 3.20. The SMILES string of the molecule is CC1(C)C2CC3OB([C@@H](CCC(=O)[C@@H](N)Cc4ccccc4)Cc4ccc(F)cc4)O[C@]3(C)C1C2. The van der Waals surface area contributed by atoms with Crippen LogP contribution in [0.2, 0.25) is 5.82 Å². The molecule has 6 heteroatoms. The maximum absolute atomic E-state index is 13.5. The van der Waals surface area contributed by atoms with Crippen LogP contribution in [-0.4, -0.2) is 30.6 Å². The van der Waals surface area contributed by atoms with Crippen LogP contribution in [0.5, 0.6) is 0 Å². The molecule has 186 valence electrons. The number of Topliss-reactive ketones (excluding diaryl/α,β-unsaturated/α-hetero) is 1. The maximum atomic E-state index is 13.5. The molecule has 2 aromatic carbocycles. The molecule has 0 amide bonds. The van der Waals surface area contributed by atoms with Gasteiger partial charge in [-0.1, -0.05) is 56.3 Å². The highest BCUT2D eigenvalue weighted by atomic mass is 19.1. The lowest BCUT2D eigenvalue weighted by Crippen LogP contribution is -2.65. The molecule has 3 saturated carbocycles. The second-order valence-corrected chi connectivity index (χ2v) is 11.7. The molecule has 6 atom stereocenters. The molecule has 4 aliphatic rings. The zero-order chi connectivity index (χ0) is 24.8. The monoisotopic (exact) mass is 477 g/mol. The predicted octanol–water partition coefficient (Wildman–Crippen LogP) is 5.39. The summed E-state index contributed by atoms with van der Waals surface area (Å²) in [5.74, 6) is 0.970. The van der Waals surface area contributed by atoms with E-state index in [0.29, 0.717) is 37.5 Å². The molecule has 0 radical (unpaired) electrons. The number of halogens is 1. The smallest absolute Gasteiger partial charge is 0.405 e. The van der Waals surface area contributed by atoms with Gasteiger partial charge in [0.05, 0.1) is 17.7 Å². The zero-order valence-corrected chi connectivity index (χ0v) is 21.1. The van der Waals surface area contributed by atoms with Crippen molar-refractivity contribution >= 4 is 12.9 Å². The summed E-state index contributed by atoms with van der Waals surface area (Å²) in [6.07, 6.45) is 4.54. The van der Waals surface area contributed by atoms with Crippen molar-refractivity contribution in [2.75, 3.05) is 0 Å². The lowest BCUT2D eigenvalue weighted by molar-refractivity contribution is -0.199. The summed E-state index contributed by atoms with van der Waals surface area (Å²) in [7, 11) is -0.372. The van der Waals surface area contributed by atoms with E-state index in [1.54, 1.807) is 0 Å². The Morgan fingerprint density at radius 1 is 1.06 bits per heavy atom. The third-order valence-electron chi connectivity index (χ3n) is 9.24. The van der Waals surface area contributed by atoms with Gasteiger partial charge in [0.15, 0.2) is 0 Å². The van der Waals surface area contributed by atoms with Crippen molar-refractivity contribution in [3.05, 3.63) is 71.5 Å². The highest BCUT2D eigenvalue weighted by Gasteiger charge is 2.68. The van der Waals surface area contributed by atoms with Crippen molar-refractivity contribution < 1.29 is 18.5 Å². The molecule has 0 aromatic heterocycles. The predicted molar refractivity (Wildman–Crippen MR) is 136 cm³/mol. The first-order valence-corrected chi connectivity index (χ1v) is 13.1. The number of carbonyl (C=O) groups excluding carboxylic acids is 1. The first-order chi connectivity index (χ1) is 16.7. The van der Waals surface area contributed by atoms with E-state index in [0.717, 1.165) is 17.5 Å². The highest BCUT2D eigenvalue weighted by Crippen LogP contribution is 2.66. The molecule has 4 fully saturated rings. The van der Waals surface area contributed by atoms with Crippen LogP contribution in [0.3, 0.4) is 0 Å². The first-order valence-electron chi connectivity index (χ1n) is 13.1. The molecule has 2 N–H and O–H groups in total. The minimum Gasteiger partial charge on any atom is -0.405 e. The molecule has 0 spiro atoms. The lowest BCUT2D eigenvalue weighted by atomic mass is 9.43. The van der Waals surface area contributed by atoms with Gasteiger partial charge in [-0.25, -0.2) is 4.39 Å². The number of ketones is 1. The Morgan fingerprint density at radius 2 is 1.74 bits per heavy atom. The van der Waals surface area contributed by atoms with Gasteiger partial charge in [0, 0.05) is 6.42 Å². The van der Waals surface area contributed by atoms with Crippen LogP contribution >= 0.6 is 0 Å². The Kier molecular flexibility index (Phi) is 6.67. The summed E-state index contributed by atoms with van der Waals surface area (Å²) < 4.78 is 26.8. The molecular formula is C29H37BFNO3. The Balaban J connectivity index is 1.28. The van der Waals surface area contributed by atoms with Crippen molar-refractivity contribution in [3.63, 3.8) is 0 Å². The highest BCUT2D eigenvalue weighted by molar-refractivity contribution is 6.47. The van der Waals surface area contributed by atoms with Crippen LogP contribution in [0, 0.1) is 23.1 Å². The second kappa shape index (κ2) is 9.46. The number of carbonyl (C=O) groups is 1. The molecule has 6 rings (SSSR count). The van der Waals surface area contributed by atoms with Crippen molar-refractivity contribution in [1.82, 2.24) is 0 Å². The standard InChI is InChI=1S/C29H37BFNO3/c1-28(2)21-17-26(28)29(3)27(18-21)34-30(35-29)22(15-20-9-12-23(31)13-10-20)11-14-25(33)24(32)16-19-7-5-4-6-8-19/h4-10,12-13,21-22,24,26-27H,11,14-18,32H2,1-3H3/t21?,22-,24-,26?,27?,29+/m0/s1. The Labute approximate surface area is 208 Å². The van der Waals surface area contributed by atoms with E-state index >= 15 is 0 Å². The molecule has 1 saturated heterocycles. The van der Waals surface area contributed by atoms with Crippen molar-refractivity contribution in [3.8, 4) is 0 Å². The van der Waals surface area contributed by atoms with E-state index in [4.69, 9.17) is 15.0 Å². The van der Waals surface area contributed by atoms with Crippen LogP contribution in [-0.2, 0) is 26.9 Å². The largest absolute Gasteiger partial charge is 0.461 e. The van der Waals surface area contributed by atoms with Crippen molar-refractivity contribution in [2.45, 2.75) is 82.9 Å². The normalized spacial score (nSPS) is 30.3. The summed E-state index contributed by atoms with van der Waals surface area (Å²) in [4.78, 5) is 13.0. The zero-order valence-electron chi connectivity index (χ0n) is 21.1. The molecule has 3 aliphatic carbocycles. The fraction of sp³-hybridized carbons (Fsp3) is 0.552. The molecule has 3 unspecified atom stereocenters. The third kappa shape index (κ3) is 4.73. The quantitative estimate of drug-likeness (QED) is 0.493. The summed E-state index contributed by atoms with van der Waals surface area (Å²) in [5, 5.41) is 0. The second-order valence-electron chi connectivity index (χ2n) is 11.7. The van der Waals surface area contributed by atoms with Crippen LogP contribution < -0.4 is 5.73 Å². The van der Waals surface area contributed by atoms with E-state index in [2.05, 4.69) is 20.8 Å². The van der Waals surface area contributed by atoms with Gasteiger partial charge in [-0.3, -0.25) is 4.79 Å². The fourth-order valence-electron chi connectivity index (χ4n) is 6.85. The van der Waals surface area contributed by atoms with Crippen molar-refractivity contribution in [1.29, 1.82) is 0 Å². The van der Waals surface area contributed by atoms with Crippen LogP contribution in [0.15, 0.2) is 54.6 Å². The van der Waals surface area contributed by atoms with Gasteiger partial charge < -0.3 is 15.0 Å². The molecular weight excluding hydrogens is 440 g/mol. The summed E-state index contributed by atoms with van der Waals surface area (Å²) in [6, 6.07) is 16.0. The fourth-order valence-corrected chi connectivity index (χ4v) is 6.85.